The highest BCUT2D eigenvalue weighted by Crippen LogP contribution is 2.36. The van der Waals surface area contributed by atoms with Crippen molar-refractivity contribution in [2.75, 3.05) is 13.1 Å². The van der Waals surface area contributed by atoms with Crippen LogP contribution in [0.2, 0.25) is 0 Å². The summed E-state index contributed by atoms with van der Waals surface area (Å²) >= 11 is 0. The van der Waals surface area contributed by atoms with Crippen molar-refractivity contribution in [2.45, 2.75) is 76.0 Å². The van der Waals surface area contributed by atoms with Gasteiger partial charge in [-0.2, -0.15) is 0 Å². The predicted molar refractivity (Wildman–Crippen MR) is 100 cm³/mol. The van der Waals surface area contributed by atoms with Gasteiger partial charge in [-0.3, -0.25) is 9.69 Å². The minimum Gasteiger partial charge on any atom is -0.386 e. The number of hydrogen-bond acceptors (Lipinski definition) is 3. The number of aliphatic hydroxyl groups excluding tert-OH is 1. The van der Waals surface area contributed by atoms with Crippen LogP contribution < -0.4 is 5.32 Å². The van der Waals surface area contributed by atoms with Crippen LogP contribution >= 0.6 is 0 Å². The molecule has 4 nitrogen and oxygen atoms in total. The van der Waals surface area contributed by atoms with E-state index in [9.17, 15) is 9.90 Å². The fraction of sp³-hybridized carbons (Fsp3) is 0.667. The first-order chi connectivity index (χ1) is 12.1. The zero-order chi connectivity index (χ0) is 17.7. The Bertz CT molecular complexity index is 548. The highest BCUT2D eigenvalue weighted by Gasteiger charge is 2.45. The predicted octanol–water partition coefficient (Wildman–Crippen LogP) is 3.41. The van der Waals surface area contributed by atoms with E-state index in [0.29, 0.717) is 0 Å². The Morgan fingerprint density at radius 3 is 2.28 bits per heavy atom. The van der Waals surface area contributed by atoms with Crippen LogP contribution in [0.3, 0.4) is 0 Å². The molecule has 1 aromatic carbocycles. The summed E-state index contributed by atoms with van der Waals surface area (Å²) in [4.78, 5) is 15.7. The van der Waals surface area contributed by atoms with Gasteiger partial charge in [0.15, 0.2) is 0 Å². The van der Waals surface area contributed by atoms with Gasteiger partial charge in [0, 0.05) is 0 Å². The van der Waals surface area contributed by atoms with Crippen molar-refractivity contribution in [1.82, 2.24) is 10.2 Å². The lowest BCUT2D eigenvalue weighted by atomic mass is 9.78. The van der Waals surface area contributed by atoms with Crippen LogP contribution in [0.25, 0.3) is 0 Å². The topological polar surface area (TPSA) is 52.6 Å². The van der Waals surface area contributed by atoms with Crippen LogP contribution in [-0.2, 0) is 4.79 Å². The standard InChI is InChI=1S/C21H32N2O2/c1-17(19(24)18-11-5-2-6-12-18)22-20(25)21(13-7-3-8-14-21)23-15-9-4-10-16-23/h2,5-6,11-12,17,19,24H,3-4,7-10,13-16H2,1H3,(H,22,25)/t17-,19-/m0/s1. The molecular formula is C21H32N2O2. The lowest BCUT2D eigenvalue weighted by Crippen LogP contribution is -2.62. The van der Waals surface area contributed by atoms with E-state index < -0.39 is 6.10 Å². The number of nitrogens with one attached hydrogen (secondary N) is 1. The number of piperidine rings is 1. The quantitative estimate of drug-likeness (QED) is 0.860. The Morgan fingerprint density at radius 1 is 1.04 bits per heavy atom. The molecule has 1 amide bonds. The summed E-state index contributed by atoms with van der Waals surface area (Å²) in [5.41, 5.74) is 0.495. The van der Waals surface area contributed by atoms with Gasteiger partial charge < -0.3 is 10.4 Å². The molecule has 2 aliphatic rings. The number of rotatable bonds is 5. The zero-order valence-corrected chi connectivity index (χ0v) is 15.4. The fourth-order valence-corrected chi connectivity index (χ4v) is 4.50. The van der Waals surface area contributed by atoms with E-state index in [1.165, 1.54) is 25.7 Å². The zero-order valence-electron chi connectivity index (χ0n) is 15.4. The summed E-state index contributed by atoms with van der Waals surface area (Å²) in [6, 6.07) is 9.31. The van der Waals surface area contributed by atoms with Crippen LogP contribution in [0.1, 0.15) is 70.0 Å². The van der Waals surface area contributed by atoms with E-state index in [2.05, 4.69) is 10.2 Å². The molecule has 0 bridgehead atoms. The monoisotopic (exact) mass is 344 g/mol. The first-order valence-corrected chi connectivity index (χ1v) is 9.92. The van der Waals surface area contributed by atoms with Crippen molar-refractivity contribution in [3.63, 3.8) is 0 Å². The smallest absolute Gasteiger partial charge is 0.240 e. The Kier molecular flexibility index (Phi) is 6.13. The van der Waals surface area contributed by atoms with Crippen LogP contribution in [0.5, 0.6) is 0 Å². The molecule has 1 aromatic rings. The molecule has 0 spiro atoms. The Hall–Kier alpha value is -1.39. The van der Waals surface area contributed by atoms with E-state index >= 15 is 0 Å². The van der Waals surface area contributed by atoms with Crippen molar-refractivity contribution < 1.29 is 9.90 Å². The lowest BCUT2D eigenvalue weighted by Gasteiger charge is -2.47. The third kappa shape index (κ3) is 4.06. The maximum absolute atomic E-state index is 13.3. The van der Waals surface area contributed by atoms with Crippen molar-refractivity contribution in [3.8, 4) is 0 Å². The van der Waals surface area contributed by atoms with E-state index in [1.54, 1.807) is 0 Å². The Morgan fingerprint density at radius 2 is 1.64 bits per heavy atom. The molecule has 0 radical (unpaired) electrons. The number of hydrogen-bond donors (Lipinski definition) is 2. The van der Waals surface area contributed by atoms with E-state index in [0.717, 1.165) is 44.3 Å². The molecule has 138 valence electrons. The molecule has 1 saturated heterocycles. The normalized spacial score (nSPS) is 23.6. The van der Waals surface area contributed by atoms with Crippen LogP contribution in [0, 0.1) is 0 Å². The molecular weight excluding hydrogens is 312 g/mol. The maximum atomic E-state index is 13.3. The molecule has 0 aromatic heterocycles. The largest absolute Gasteiger partial charge is 0.386 e. The van der Waals surface area contributed by atoms with E-state index in [1.807, 2.05) is 37.3 Å². The van der Waals surface area contributed by atoms with Gasteiger partial charge in [-0.25, -0.2) is 0 Å². The molecule has 0 unspecified atom stereocenters. The molecule has 2 atom stereocenters. The molecule has 4 heteroatoms. The van der Waals surface area contributed by atoms with Crippen molar-refractivity contribution in [2.24, 2.45) is 0 Å². The SMILES string of the molecule is C[C@H](NC(=O)C1(N2CCCCC2)CCCCC1)[C@H](O)c1ccccc1. The van der Waals surface area contributed by atoms with Gasteiger partial charge in [0.1, 0.15) is 5.54 Å². The van der Waals surface area contributed by atoms with Crippen molar-refractivity contribution in [1.29, 1.82) is 0 Å². The minimum absolute atomic E-state index is 0.122. The molecule has 1 heterocycles. The van der Waals surface area contributed by atoms with E-state index in [4.69, 9.17) is 0 Å². The summed E-state index contributed by atoms with van der Waals surface area (Å²) in [6.07, 6.45) is 8.36. The molecule has 3 rings (SSSR count). The van der Waals surface area contributed by atoms with Gasteiger partial charge in [0.05, 0.1) is 12.1 Å². The third-order valence-corrected chi connectivity index (χ3v) is 6.04. The summed E-state index contributed by atoms with van der Waals surface area (Å²) in [5, 5.41) is 13.8. The van der Waals surface area contributed by atoms with Gasteiger partial charge >= 0.3 is 0 Å². The number of amides is 1. The molecule has 25 heavy (non-hydrogen) atoms. The van der Waals surface area contributed by atoms with Crippen molar-refractivity contribution in [3.05, 3.63) is 35.9 Å². The molecule has 1 saturated carbocycles. The van der Waals surface area contributed by atoms with Crippen molar-refractivity contribution >= 4 is 5.91 Å². The van der Waals surface area contributed by atoms with Crippen LogP contribution in [0.4, 0.5) is 0 Å². The van der Waals surface area contributed by atoms with Gasteiger partial charge in [-0.05, 0) is 51.3 Å². The number of benzene rings is 1. The minimum atomic E-state index is -0.674. The maximum Gasteiger partial charge on any atom is 0.240 e. The van der Waals surface area contributed by atoms with Gasteiger partial charge in [0.25, 0.3) is 0 Å². The highest BCUT2D eigenvalue weighted by molar-refractivity contribution is 5.86. The molecule has 1 aliphatic heterocycles. The van der Waals surface area contributed by atoms with E-state index in [-0.39, 0.29) is 17.5 Å². The Labute approximate surface area is 151 Å². The van der Waals surface area contributed by atoms with Crippen LogP contribution in [-0.4, -0.2) is 40.6 Å². The highest BCUT2D eigenvalue weighted by atomic mass is 16.3. The van der Waals surface area contributed by atoms with Gasteiger partial charge in [-0.15, -0.1) is 0 Å². The lowest BCUT2D eigenvalue weighted by molar-refractivity contribution is -0.138. The summed E-state index contributed by atoms with van der Waals surface area (Å²) < 4.78 is 0. The number of likely N-dealkylation sites (tertiary alicyclic amines) is 1. The number of carbonyl (C=O) groups is 1. The van der Waals surface area contributed by atoms with Gasteiger partial charge in [0.2, 0.25) is 5.91 Å². The first kappa shape index (κ1) is 18.4. The fourth-order valence-electron chi connectivity index (χ4n) is 4.50. The van der Waals surface area contributed by atoms with Crippen LogP contribution in [0.15, 0.2) is 30.3 Å². The Balaban J connectivity index is 1.71. The molecule has 1 aliphatic carbocycles. The third-order valence-electron chi connectivity index (χ3n) is 6.04. The summed E-state index contributed by atoms with van der Waals surface area (Å²) in [6.45, 7) is 3.97. The number of nitrogens with zero attached hydrogens (tertiary/aromatic N) is 1. The summed E-state index contributed by atoms with van der Waals surface area (Å²) in [7, 11) is 0. The molecule has 2 N–H and O–H groups in total. The second kappa shape index (κ2) is 8.33. The molecule has 2 fully saturated rings. The number of aliphatic hydroxyl groups is 1. The van der Waals surface area contributed by atoms with Gasteiger partial charge in [-0.1, -0.05) is 56.0 Å². The average molecular weight is 344 g/mol. The average Bonchev–Trinajstić information content (AvgIpc) is 2.69. The second-order valence-corrected chi connectivity index (χ2v) is 7.76. The number of carbonyl (C=O) groups excluding carboxylic acids is 1. The second-order valence-electron chi connectivity index (χ2n) is 7.76. The summed E-state index contributed by atoms with van der Waals surface area (Å²) in [5.74, 6) is 0.122. The first-order valence-electron chi connectivity index (χ1n) is 9.92.